The minimum absolute atomic E-state index is 0.153. The van der Waals surface area contributed by atoms with E-state index >= 15 is 0 Å². The lowest BCUT2D eigenvalue weighted by molar-refractivity contribution is -0.385. The summed E-state index contributed by atoms with van der Waals surface area (Å²) in [5, 5.41) is 20.4. The lowest BCUT2D eigenvalue weighted by Gasteiger charge is -2.14. The van der Waals surface area contributed by atoms with Crippen molar-refractivity contribution in [2.45, 2.75) is 6.29 Å². The zero-order valence-corrected chi connectivity index (χ0v) is 10.2. The second-order valence-corrected chi connectivity index (χ2v) is 3.80. The molecule has 7 heteroatoms. The summed E-state index contributed by atoms with van der Waals surface area (Å²) >= 11 is 0. The molecular formula is C12H13NO6. The van der Waals surface area contributed by atoms with E-state index in [1.807, 2.05) is 0 Å². The zero-order valence-electron chi connectivity index (χ0n) is 10.2. The standard InChI is InChI=1S/C12H13NO6/c1-17-8-2-3-11(13(15)16)9(6-8)10(7-14)12-18-4-5-19-12/h2-3,6-7,12,14H,4-5H2,1H3/b10-7-. The Morgan fingerprint density at radius 1 is 1.53 bits per heavy atom. The molecule has 0 spiro atoms. The average molecular weight is 267 g/mol. The largest absolute Gasteiger partial charge is 0.515 e. The molecule has 1 aromatic rings. The fourth-order valence-electron chi connectivity index (χ4n) is 1.83. The van der Waals surface area contributed by atoms with Crippen molar-refractivity contribution in [3.05, 3.63) is 40.1 Å². The summed E-state index contributed by atoms with van der Waals surface area (Å²) in [5.74, 6) is 0.443. The van der Waals surface area contributed by atoms with Crippen LogP contribution in [0.15, 0.2) is 24.5 Å². The van der Waals surface area contributed by atoms with Crippen molar-refractivity contribution in [3.8, 4) is 5.75 Å². The Balaban J connectivity index is 2.47. The van der Waals surface area contributed by atoms with Crippen molar-refractivity contribution in [1.82, 2.24) is 0 Å². The fourth-order valence-corrected chi connectivity index (χ4v) is 1.83. The van der Waals surface area contributed by atoms with Crippen molar-refractivity contribution in [3.63, 3.8) is 0 Å². The molecule has 1 heterocycles. The van der Waals surface area contributed by atoms with Crippen LogP contribution in [0.1, 0.15) is 5.56 Å². The number of nitrogens with zero attached hydrogens (tertiary/aromatic N) is 1. The first kappa shape index (κ1) is 13.3. The molecule has 0 amide bonds. The molecule has 1 aliphatic rings. The second kappa shape index (κ2) is 5.68. The van der Waals surface area contributed by atoms with Crippen molar-refractivity contribution < 1.29 is 24.2 Å². The average Bonchev–Trinajstić information content (AvgIpc) is 2.93. The molecule has 19 heavy (non-hydrogen) atoms. The molecule has 7 nitrogen and oxygen atoms in total. The number of rotatable bonds is 4. The second-order valence-electron chi connectivity index (χ2n) is 3.80. The molecule has 1 fully saturated rings. The molecule has 0 aliphatic carbocycles. The van der Waals surface area contributed by atoms with Gasteiger partial charge < -0.3 is 19.3 Å². The minimum atomic E-state index is -0.809. The first-order valence-corrected chi connectivity index (χ1v) is 5.57. The summed E-state index contributed by atoms with van der Waals surface area (Å²) in [6.07, 6.45) is -0.0478. The number of nitro benzene ring substituents is 1. The van der Waals surface area contributed by atoms with Gasteiger partial charge in [-0.25, -0.2) is 0 Å². The van der Waals surface area contributed by atoms with Crippen molar-refractivity contribution in [1.29, 1.82) is 0 Å². The summed E-state index contributed by atoms with van der Waals surface area (Å²) in [7, 11) is 1.45. The highest BCUT2D eigenvalue weighted by Crippen LogP contribution is 2.33. The quantitative estimate of drug-likeness (QED) is 0.508. The zero-order chi connectivity index (χ0) is 13.8. The maximum atomic E-state index is 11.0. The monoisotopic (exact) mass is 267 g/mol. The van der Waals surface area contributed by atoms with Gasteiger partial charge >= 0.3 is 0 Å². The van der Waals surface area contributed by atoms with E-state index in [1.165, 1.54) is 25.3 Å². The van der Waals surface area contributed by atoms with Gasteiger partial charge in [0.1, 0.15) is 5.75 Å². The van der Waals surface area contributed by atoms with Crippen LogP contribution in [0.4, 0.5) is 5.69 Å². The Morgan fingerprint density at radius 2 is 2.21 bits per heavy atom. The van der Waals surface area contributed by atoms with Crippen LogP contribution in [0.5, 0.6) is 5.75 Å². The Kier molecular flexibility index (Phi) is 3.98. The van der Waals surface area contributed by atoms with E-state index in [0.29, 0.717) is 19.0 Å². The van der Waals surface area contributed by atoms with Crippen LogP contribution in [-0.2, 0) is 9.47 Å². The van der Waals surface area contributed by atoms with Gasteiger partial charge in [-0.1, -0.05) is 0 Å². The summed E-state index contributed by atoms with van der Waals surface area (Å²) < 4.78 is 15.5. The Hall–Kier alpha value is -2.12. The third-order valence-corrected chi connectivity index (χ3v) is 2.73. The van der Waals surface area contributed by atoms with Gasteiger partial charge in [0.15, 0.2) is 6.29 Å². The minimum Gasteiger partial charge on any atom is -0.515 e. The summed E-state index contributed by atoms with van der Waals surface area (Å²) in [5.41, 5.74) is 0.252. The number of aliphatic hydroxyl groups is 1. The Bertz CT molecular complexity index is 507. The highest BCUT2D eigenvalue weighted by Gasteiger charge is 2.28. The highest BCUT2D eigenvalue weighted by atomic mass is 16.7. The van der Waals surface area contributed by atoms with Crippen LogP contribution in [0.25, 0.3) is 5.57 Å². The Labute approximate surface area is 109 Å². The molecular weight excluding hydrogens is 254 g/mol. The van der Waals surface area contributed by atoms with Gasteiger partial charge in [0.05, 0.1) is 42.6 Å². The number of hydrogen-bond acceptors (Lipinski definition) is 6. The predicted molar refractivity (Wildman–Crippen MR) is 65.9 cm³/mol. The number of methoxy groups -OCH3 is 1. The van der Waals surface area contributed by atoms with Gasteiger partial charge in [-0.3, -0.25) is 10.1 Å². The van der Waals surface area contributed by atoms with Gasteiger partial charge in [-0.05, 0) is 12.1 Å². The van der Waals surface area contributed by atoms with Crippen LogP contribution in [0.3, 0.4) is 0 Å². The highest BCUT2D eigenvalue weighted by molar-refractivity contribution is 5.75. The van der Waals surface area contributed by atoms with Crippen LogP contribution in [0.2, 0.25) is 0 Å². The molecule has 0 bridgehead atoms. The lowest BCUT2D eigenvalue weighted by atomic mass is 10.0. The van der Waals surface area contributed by atoms with E-state index in [2.05, 4.69) is 0 Å². The number of hydrogen-bond donors (Lipinski definition) is 1. The van der Waals surface area contributed by atoms with Crippen molar-refractivity contribution in [2.75, 3.05) is 20.3 Å². The van der Waals surface area contributed by atoms with Crippen LogP contribution >= 0.6 is 0 Å². The summed E-state index contributed by atoms with van der Waals surface area (Å²) in [4.78, 5) is 10.5. The number of benzene rings is 1. The van der Waals surface area contributed by atoms with E-state index in [1.54, 1.807) is 0 Å². The van der Waals surface area contributed by atoms with Crippen molar-refractivity contribution in [2.24, 2.45) is 0 Å². The van der Waals surface area contributed by atoms with E-state index < -0.39 is 11.2 Å². The molecule has 0 unspecified atom stereocenters. The molecule has 1 aromatic carbocycles. The van der Waals surface area contributed by atoms with Gasteiger partial charge in [0.25, 0.3) is 5.69 Å². The summed E-state index contributed by atoms with van der Waals surface area (Å²) in [6, 6.07) is 4.25. The predicted octanol–water partition coefficient (Wildman–Crippen LogP) is 1.88. The number of ether oxygens (including phenoxy) is 3. The van der Waals surface area contributed by atoms with E-state index in [-0.39, 0.29) is 16.8 Å². The number of aliphatic hydroxyl groups excluding tert-OH is 1. The Morgan fingerprint density at radius 3 is 2.74 bits per heavy atom. The molecule has 0 aromatic heterocycles. The molecule has 102 valence electrons. The normalized spacial score (nSPS) is 16.6. The molecule has 1 N–H and O–H groups in total. The van der Waals surface area contributed by atoms with Crippen LogP contribution in [0, 0.1) is 10.1 Å². The van der Waals surface area contributed by atoms with Crippen LogP contribution in [-0.4, -0.2) is 36.6 Å². The maximum Gasteiger partial charge on any atom is 0.277 e. The topological polar surface area (TPSA) is 91.1 Å². The van der Waals surface area contributed by atoms with Gasteiger partial charge in [-0.2, -0.15) is 0 Å². The fraction of sp³-hybridized carbons (Fsp3) is 0.333. The molecule has 2 rings (SSSR count). The SMILES string of the molecule is COc1ccc([N+](=O)[O-])c(/C(=C/O)C2OCCO2)c1. The molecule has 0 radical (unpaired) electrons. The van der Waals surface area contributed by atoms with E-state index in [0.717, 1.165) is 6.26 Å². The van der Waals surface area contributed by atoms with E-state index in [9.17, 15) is 15.2 Å². The summed E-state index contributed by atoms with van der Waals surface area (Å²) in [6.45, 7) is 0.750. The van der Waals surface area contributed by atoms with Gasteiger partial charge in [0, 0.05) is 6.07 Å². The molecule has 1 aliphatic heterocycles. The lowest BCUT2D eigenvalue weighted by Crippen LogP contribution is -2.12. The maximum absolute atomic E-state index is 11.0. The molecule has 0 atom stereocenters. The molecule has 1 saturated heterocycles. The third kappa shape index (κ3) is 2.67. The molecule has 0 saturated carbocycles. The van der Waals surface area contributed by atoms with Gasteiger partial charge in [0.2, 0.25) is 0 Å². The number of nitro groups is 1. The van der Waals surface area contributed by atoms with Crippen molar-refractivity contribution >= 4 is 11.3 Å². The van der Waals surface area contributed by atoms with E-state index in [4.69, 9.17) is 14.2 Å². The first-order valence-electron chi connectivity index (χ1n) is 5.57. The first-order chi connectivity index (χ1) is 9.17. The third-order valence-electron chi connectivity index (χ3n) is 2.73. The van der Waals surface area contributed by atoms with Crippen LogP contribution < -0.4 is 4.74 Å². The smallest absolute Gasteiger partial charge is 0.277 e. The van der Waals surface area contributed by atoms with Gasteiger partial charge in [-0.15, -0.1) is 0 Å².